The van der Waals surface area contributed by atoms with Crippen LogP contribution < -0.4 is 58.7 Å². The summed E-state index contributed by atoms with van der Waals surface area (Å²) in [5.74, 6) is -3.56. The molecule has 0 bridgehead atoms. The molecule has 2 aliphatic heterocycles. The van der Waals surface area contributed by atoms with Crippen LogP contribution in [0.2, 0.25) is 0 Å². The SMILES string of the molecule is Cc1cccc2c(OC(=O)N(CCCNC(N)=O)CCN(C)C(=O)OCc3ccc(NC(=O)[C@H](CCCNC(N)=O)NC(=O)[C@@H](NC(=O)OCCOCCN4C(=O)C=CC4=O)C(C)C)cc3)cc3c(c12)[C@H](CCl)CN3C(=O)c1cn2cc(NC(=O)c3ccc(N)cc3)ccc2n1. The Kier molecular flexibility index (Phi) is 24.5. The van der Waals surface area contributed by atoms with Gasteiger partial charge in [0.2, 0.25) is 11.8 Å². The van der Waals surface area contributed by atoms with Crippen molar-refractivity contribution in [1.82, 2.24) is 45.4 Å². The molecule has 2 aromatic heterocycles. The molecular formula is C65H76ClN15O15. The molecule has 30 nitrogen and oxygen atoms in total. The van der Waals surface area contributed by atoms with Gasteiger partial charge in [-0.25, -0.2) is 29.0 Å². The number of primary amides is 2. The molecule has 0 saturated carbocycles. The highest BCUT2D eigenvalue weighted by Gasteiger charge is 2.37. The number of nitrogens with zero attached hydrogens (tertiary/aromatic N) is 6. The third-order valence-corrected chi connectivity index (χ3v) is 16.0. The first-order valence-corrected chi connectivity index (χ1v) is 31.3. The molecular weight excluding hydrogens is 1270 g/mol. The number of carbonyl (C=O) groups excluding carboxylic acids is 11. The minimum absolute atomic E-state index is 0.00644. The van der Waals surface area contributed by atoms with Crippen LogP contribution in [-0.4, -0.2) is 181 Å². The molecule has 13 amide bonds. The summed E-state index contributed by atoms with van der Waals surface area (Å²) in [5, 5.41) is 17.1. The van der Waals surface area contributed by atoms with Crippen LogP contribution in [0.1, 0.15) is 76.6 Å². The quantitative estimate of drug-likeness (QED) is 0.0119. The van der Waals surface area contributed by atoms with E-state index < -0.39 is 77.9 Å². The van der Waals surface area contributed by atoms with Crippen LogP contribution in [0.3, 0.4) is 0 Å². The predicted molar refractivity (Wildman–Crippen MR) is 354 cm³/mol. The van der Waals surface area contributed by atoms with Crippen LogP contribution in [0.25, 0.3) is 16.4 Å². The number of aromatic nitrogens is 2. The van der Waals surface area contributed by atoms with E-state index in [0.29, 0.717) is 44.9 Å². The van der Waals surface area contributed by atoms with Gasteiger partial charge in [0.15, 0.2) is 0 Å². The van der Waals surface area contributed by atoms with Gasteiger partial charge in [0.05, 0.1) is 31.1 Å². The van der Waals surface area contributed by atoms with Crippen molar-refractivity contribution in [3.05, 3.63) is 137 Å². The number of hydrogen-bond donors (Lipinski definition) is 9. The number of aryl methyl sites for hydroxylation is 1. The van der Waals surface area contributed by atoms with Crippen molar-refractivity contribution in [1.29, 1.82) is 0 Å². The molecule has 0 fully saturated rings. The second-order valence-electron chi connectivity index (χ2n) is 22.9. The number of pyridine rings is 1. The van der Waals surface area contributed by atoms with Gasteiger partial charge >= 0.3 is 30.3 Å². The molecule has 8 rings (SSSR count). The fourth-order valence-electron chi connectivity index (χ4n) is 10.6. The van der Waals surface area contributed by atoms with E-state index in [9.17, 15) is 52.7 Å². The van der Waals surface area contributed by atoms with Crippen molar-refractivity contribution >= 4 is 117 Å². The second-order valence-corrected chi connectivity index (χ2v) is 23.2. The number of imide groups is 1. The molecule has 0 saturated heterocycles. The van der Waals surface area contributed by atoms with Crippen LogP contribution in [0.4, 0.5) is 46.7 Å². The van der Waals surface area contributed by atoms with E-state index >= 15 is 0 Å². The summed E-state index contributed by atoms with van der Waals surface area (Å²) < 4.78 is 24.0. The molecule has 4 aromatic carbocycles. The summed E-state index contributed by atoms with van der Waals surface area (Å²) in [6, 6.07) is 19.4. The van der Waals surface area contributed by atoms with Crippen molar-refractivity contribution in [2.45, 2.75) is 64.6 Å². The van der Waals surface area contributed by atoms with Gasteiger partial charge in [-0.3, -0.25) is 33.7 Å². The molecule has 0 unspecified atom stereocenters. The summed E-state index contributed by atoms with van der Waals surface area (Å²) in [7, 11) is 1.48. The largest absolute Gasteiger partial charge is 0.447 e. The minimum Gasteiger partial charge on any atom is -0.447 e. The van der Waals surface area contributed by atoms with Gasteiger partial charge in [-0.2, -0.15) is 0 Å². The Balaban J connectivity index is 0.875. The van der Waals surface area contributed by atoms with Crippen LogP contribution in [-0.2, 0) is 40.0 Å². The monoisotopic (exact) mass is 1340 g/mol. The summed E-state index contributed by atoms with van der Waals surface area (Å²) in [5.41, 5.74) is 21.2. The van der Waals surface area contributed by atoms with E-state index in [1.165, 1.54) is 16.8 Å². The number of nitrogens with two attached hydrogens (primary N) is 3. The van der Waals surface area contributed by atoms with Gasteiger partial charge < -0.3 is 87.1 Å². The van der Waals surface area contributed by atoms with E-state index in [2.05, 4.69) is 36.9 Å². The number of alkyl carbamates (subject to hydrolysis) is 1. The molecule has 12 N–H and O–H groups in total. The first-order chi connectivity index (χ1) is 46.0. The number of benzene rings is 4. The van der Waals surface area contributed by atoms with E-state index in [4.69, 9.17) is 47.7 Å². The molecule has 4 heterocycles. The first-order valence-electron chi connectivity index (χ1n) is 30.7. The number of carbonyl (C=O) groups is 11. The number of anilines is 4. The van der Waals surface area contributed by atoms with E-state index in [1.54, 1.807) is 108 Å². The summed E-state index contributed by atoms with van der Waals surface area (Å²) in [6.07, 6.45) is 3.52. The predicted octanol–water partition coefficient (Wildman–Crippen LogP) is 5.31. The Morgan fingerprint density at radius 3 is 2.15 bits per heavy atom. The van der Waals surface area contributed by atoms with Gasteiger partial charge in [0, 0.05) is 111 Å². The number of ether oxygens (including phenoxy) is 4. The molecule has 31 heteroatoms. The zero-order chi connectivity index (χ0) is 69.2. The Labute approximate surface area is 556 Å². The van der Waals surface area contributed by atoms with Crippen molar-refractivity contribution < 1.29 is 71.7 Å². The van der Waals surface area contributed by atoms with Crippen LogP contribution in [0, 0.1) is 12.8 Å². The Morgan fingerprint density at radius 1 is 0.760 bits per heavy atom. The highest BCUT2D eigenvalue weighted by atomic mass is 35.5. The number of nitrogen functional groups attached to an aromatic ring is 1. The number of likely N-dealkylation sites (N-methyl/N-ethyl adjacent to an activating group) is 1. The average molecular weight is 1340 g/mol. The maximum Gasteiger partial charge on any atom is 0.415 e. The topological polar surface area (TPSA) is 405 Å². The molecule has 0 radical (unpaired) electrons. The molecule has 508 valence electrons. The Morgan fingerprint density at radius 2 is 1.46 bits per heavy atom. The Hall–Kier alpha value is -11.0. The molecule has 6 aromatic rings. The lowest BCUT2D eigenvalue weighted by Crippen LogP contribution is -2.54. The number of rotatable bonds is 30. The molecule has 96 heavy (non-hydrogen) atoms. The Bertz CT molecular complexity index is 3900. The molecule has 0 aliphatic carbocycles. The number of hydrogen-bond acceptors (Lipinski definition) is 17. The molecule has 0 spiro atoms. The van der Waals surface area contributed by atoms with Gasteiger partial charge in [-0.05, 0) is 103 Å². The lowest BCUT2D eigenvalue weighted by Gasteiger charge is -2.26. The van der Waals surface area contributed by atoms with Gasteiger partial charge in [0.25, 0.3) is 23.6 Å². The van der Waals surface area contributed by atoms with E-state index in [0.717, 1.165) is 33.6 Å². The summed E-state index contributed by atoms with van der Waals surface area (Å²) >= 11 is 6.65. The van der Waals surface area contributed by atoms with Crippen LogP contribution in [0.15, 0.2) is 109 Å². The summed E-state index contributed by atoms with van der Waals surface area (Å²) in [4.78, 5) is 152. The number of imidazole rings is 1. The highest BCUT2D eigenvalue weighted by Crippen LogP contribution is 2.47. The second kappa shape index (κ2) is 33.2. The van der Waals surface area contributed by atoms with Crippen LogP contribution in [0.5, 0.6) is 5.75 Å². The van der Waals surface area contributed by atoms with E-state index in [-0.39, 0.29) is 121 Å². The van der Waals surface area contributed by atoms with Gasteiger partial charge in [-0.1, -0.05) is 44.2 Å². The number of nitrogens with one attached hydrogen (secondary N) is 6. The van der Waals surface area contributed by atoms with Crippen molar-refractivity contribution in [3.63, 3.8) is 0 Å². The maximum atomic E-state index is 14.6. The van der Waals surface area contributed by atoms with Crippen molar-refractivity contribution in [2.24, 2.45) is 17.4 Å². The zero-order valence-corrected chi connectivity index (χ0v) is 54.0. The third kappa shape index (κ3) is 18.9. The van der Waals surface area contributed by atoms with Crippen LogP contribution >= 0.6 is 11.6 Å². The van der Waals surface area contributed by atoms with Crippen molar-refractivity contribution in [2.75, 3.05) is 99.8 Å². The maximum absolute atomic E-state index is 14.6. The number of alkyl halides is 1. The standard InChI is InChI=1S/C65H76ClN15O15/c1-38(2)56(76-63(90)94-31-30-93-29-28-80-52(82)21-22-53(80)83)59(86)75-47(10-6-23-70-61(68)88)58(85)72-44-17-11-40(12-18-44)37-95-64(91)77(4)26-27-78(25-7-24-71-62(69)89)65(92)96-50-32-49-55(54-39(3)8-5-9-46(50)54)42(33-66)34-81(49)60(87)48-36-79-35-45(19-20-51(79)74-48)73-57(84)41-13-15-43(67)16-14-41/h5,8-9,11-22,32,35-36,38,42,47,56H,6-7,10,23-31,33-34,37,67H2,1-4H3,(H,72,85)(H,73,84)(H,75,86)(H,76,90)(H3,68,70,88)(H3,69,71,89)/t42-,47+,56+/m1/s1. The number of fused-ring (bicyclic) bond motifs is 4. The van der Waals surface area contributed by atoms with Gasteiger partial charge in [-0.15, -0.1) is 11.6 Å². The average Bonchev–Trinajstić information content (AvgIpc) is 1.54. The van der Waals surface area contributed by atoms with Gasteiger partial charge in [0.1, 0.15) is 42.4 Å². The zero-order valence-electron chi connectivity index (χ0n) is 53.2. The normalized spacial score (nSPS) is 13.8. The van der Waals surface area contributed by atoms with E-state index in [1.807, 2.05) is 19.1 Å². The molecule has 2 aliphatic rings. The number of halogens is 1. The fourth-order valence-corrected chi connectivity index (χ4v) is 10.8. The summed E-state index contributed by atoms with van der Waals surface area (Å²) in [6.45, 7) is 5.12. The first kappa shape index (κ1) is 70.9. The lowest BCUT2D eigenvalue weighted by molar-refractivity contribution is -0.137. The molecule has 3 atom stereocenters. The lowest BCUT2D eigenvalue weighted by atomic mass is 9.92. The number of amides is 13. The van der Waals surface area contributed by atoms with Crippen molar-refractivity contribution in [3.8, 4) is 5.75 Å². The smallest absolute Gasteiger partial charge is 0.415 e. The number of urea groups is 2. The fraction of sp³-hybridized carbons (Fsp3) is 0.354. The highest BCUT2D eigenvalue weighted by molar-refractivity contribution is 6.19. The minimum atomic E-state index is -1.17. The third-order valence-electron chi connectivity index (χ3n) is 15.6.